The Kier molecular flexibility index (Phi) is 5.39. The molecule has 18 heavy (non-hydrogen) atoms. The number of benzene rings is 1. The maximum absolute atomic E-state index is 11.7. The van der Waals surface area contributed by atoms with Crippen LogP contribution in [-0.2, 0) is 4.74 Å². The Balaban J connectivity index is 3.23. The molecule has 1 aromatic rings. The van der Waals surface area contributed by atoms with Gasteiger partial charge in [-0.2, -0.15) is 0 Å². The summed E-state index contributed by atoms with van der Waals surface area (Å²) >= 11 is 0. The van der Waals surface area contributed by atoms with E-state index in [0.717, 1.165) is 12.8 Å². The second-order valence-corrected chi connectivity index (χ2v) is 5.00. The fourth-order valence-electron chi connectivity index (χ4n) is 1.95. The average molecular weight is 248 g/mol. The van der Waals surface area contributed by atoms with Crippen molar-refractivity contribution >= 4 is 5.97 Å². The van der Waals surface area contributed by atoms with Crippen molar-refractivity contribution in [3.05, 3.63) is 34.9 Å². The lowest BCUT2D eigenvalue weighted by atomic mass is 9.89. The van der Waals surface area contributed by atoms with Crippen LogP contribution in [0.2, 0.25) is 0 Å². The van der Waals surface area contributed by atoms with E-state index in [1.54, 1.807) is 0 Å². The Hall–Kier alpha value is -1.31. The van der Waals surface area contributed by atoms with Gasteiger partial charge in [-0.15, -0.1) is 0 Å². The van der Waals surface area contributed by atoms with E-state index in [-0.39, 0.29) is 5.97 Å². The Labute approximate surface area is 110 Å². The van der Waals surface area contributed by atoms with Crippen molar-refractivity contribution < 1.29 is 9.53 Å². The molecule has 0 aromatic heterocycles. The third kappa shape index (κ3) is 3.34. The van der Waals surface area contributed by atoms with Crippen molar-refractivity contribution in [1.82, 2.24) is 0 Å². The number of carbonyl (C=O) groups excluding carboxylic acids is 1. The predicted octanol–water partition coefficient (Wildman–Crippen LogP) is 4.50. The molecule has 0 radical (unpaired) electrons. The molecule has 2 atom stereocenters. The average Bonchev–Trinajstić information content (AvgIpc) is 2.43. The fourth-order valence-corrected chi connectivity index (χ4v) is 1.95. The van der Waals surface area contributed by atoms with Gasteiger partial charge < -0.3 is 4.74 Å². The first-order chi connectivity index (χ1) is 8.53. The van der Waals surface area contributed by atoms with Crippen molar-refractivity contribution in [1.29, 1.82) is 0 Å². The van der Waals surface area contributed by atoms with Gasteiger partial charge in [-0.3, -0.25) is 0 Å². The molecular formula is C16H24O2. The van der Waals surface area contributed by atoms with E-state index in [4.69, 9.17) is 4.74 Å². The van der Waals surface area contributed by atoms with Gasteiger partial charge >= 0.3 is 5.97 Å². The van der Waals surface area contributed by atoms with Crippen LogP contribution in [0.15, 0.2) is 18.2 Å². The van der Waals surface area contributed by atoms with Gasteiger partial charge in [0.1, 0.15) is 0 Å². The molecule has 0 fully saturated rings. The van der Waals surface area contributed by atoms with Crippen LogP contribution in [0.25, 0.3) is 0 Å². The molecule has 2 unspecified atom stereocenters. The Bertz CT molecular complexity index is 381. The Morgan fingerprint density at radius 2 is 1.50 bits per heavy atom. The molecule has 2 nitrogen and oxygen atoms in total. The van der Waals surface area contributed by atoms with E-state index in [9.17, 15) is 4.79 Å². The van der Waals surface area contributed by atoms with E-state index >= 15 is 0 Å². The van der Waals surface area contributed by atoms with E-state index in [0.29, 0.717) is 17.4 Å². The zero-order chi connectivity index (χ0) is 13.7. The summed E-state index contributed by atoms with van der Waals surface area (Å²) < 4.78 is 4.83. The molecule has 0 aliphatic heterocycles. The highest BCUT2D eigenvalue weighted by Crippen LogP contribution is 2.27. The predicted molar refractivity (Wildman–Crippen MR) is 75.2 cm³/mol. The van der Waals surface area contributed by atoms with Gasteiger partial charge in [0, 0.05) is 0 Å². The van der Waals surface area contributed by atoms with Crippen molar-refractivity contribution in [2.45, 2.75) is 52.4 Å². The minimum absolute atomic E-state index is 0.246. The van der Waals surface area contributed by atoms with Crippen LogP contribution in [0, 0.1) is 0 Å². The van der Waals surface area contributed by atoms with E-state index in [1.807, 2.05) is 12.1 Å². The lowest BCUT2D eigenvalue weighted by Gasteiger charge is -2.16. The normalized spacial score (nSPS) is 14.1. The monoisotopic (exact) mass is 248 g/mol. The second-order valence-electron chi connectivity index (χ2n) is 5.00. The van der Waals surface area contributed by atoms with Gasteiger partial charge in [0.2, 0.25) is 0 Å². The molecule has 0 spiro atoms. The number of hydrogen-bond acceptors (Lipinski definition) is 2. The second kappa shape index (κ2) is 6.58. The van der Waals surface area contributed by atoms with Gasteiger partial charge in [-0.1, -0.05) is 33.8 Å². The molecule has 2 heteroatoms. The van der Waals surface area contributed by atoms with Gasteiger partial charge in [0.05, 0.1) is 12.7 Å². The molecule has 0 aliphatic rings. The molecule has 1 rings (SSSR count). The van der Waals surface area contributed by atoms with Crippen molar-refractivity contribution in [2.75, 3.05) is 7.11 Å². The molecule has 0 N–H and O–H groups in total. The lowest BCUT2D eigenvalue weighted by Crippen LogP contribution is -2.06. The summed E-state index contributed by atoms with van der Waals surface area (Å²) in [5, 5.41) is 0. The summed E-state index contributed by atoms with van der Waals surface area (Å²) in [5.41, 5.74) is 3.14. The summed E-state index contributed by atoms with van der Waals surface area (Å²) in [4.78, 5) is 11.7. The number of hydrogen-bond donors (Lipinski definition) is 0. The number of carbonyl (C=O) groups is 1. The van der Waals surface area contributed by atoms with E-state index < -0.39 is 0 Å². The van der Waals surface area contributed by atoms with Gasteiger partial charge in [0.25, 0.3) is 0 Å². The highest BCUT2D eigenvalue weighted by Gasteiger charge is 2.14. The molecule has 0 aliphatic carbocycles. The zero-order valence-corrected chi connectivity index (χ0v) is 12.1. The molecular weight excluding hydrogens is 224 g/mol. The SMILES string of the molecule is CCC(C)c1cc(C(=O)OC)cc(C(C)CC)c1. The standard InChI is InChI=1S/C16H24O2/c1-6-11(3)13-8-14(12(4)7-2)10-15(9-13)16(17)18-5/h8-12H,6-7H2,1-5H3. The molecule has 0 saturated carbocycles. The lowest BCUT2D eigenvalue weighted by molar-refractivity contribution is 0.0600. The molecule has 0 bridgehead atoms. The summed E-state index contributed by atoms with van der Waals surface area (Å²) in [7, 11) is 1.43. The molecule has 0 amide bonds. The van der Waals surface area contributed by atoms with Crippen LogP contribution in [0.1, 0.15) is 73.9 Å². The smallest absolute Gasteiger partial charge is 0.337 e. The Morgan fingerprint density at radius 3 is 1.83 bits per heavy atom. The summed E-state index contributed by atoms with van der Waals surface area (Å²) in [6, 6.07) is 6.16. The topological polar surface area (TPSA) is 26.3 Å². The summed E-state index contributed by atoms with van der Waals surface area (Å²) in [5.74, 6) is 0.694. The first-order valence-corrected chi connectivity index (χ1v) is 6.76. The maximum Gasteiger partial charge on any atom is 0.337 e. The largest absolute Gasteiger partial charge is 0.465 e. The van der Waals surface area contributed by atoms with Crippen molar-refractivity contribution in [2.24, 2.45) is 0 Å². The molecule has 0 heterocycles. The number of esters is 1. The van der Waals surface area contributed by atoms with Crippen LogP contribution in [-0.4, -0.2) is 13.1 Å². The number of rotatable bonds is 5. The van der Waals surface area contributed by atoms with Crippen LogP contribution in [0.3, 0.4) is 0 Å². The van der Waals surface area contributed by atoms with Crippen LogP contribution in [0.5, 0.6) is 0 Å². The van der Waals surface area contributed by atoms with Gasteiger partial charge in [-0.25, -0.2) is 4.79 Å². The van der Waals surface area contributed by atoms with Crippen LogP contribution in [0.4, 0.5) is 0 Å². The minimum Gasteiger partial charge on any atom is -0.465 e. The van der Waals surface area contributed by atoms with E-state index in [2.05, 4.69) is 33.8 Å². The fraction of sp³-hybridized carbons (Fsp3) is 0.562. The van der Waals surface area contributed by atoms with Crippen molar-refractivity contribution in [3.63, 3.8) is 0 Å². The molecule has 100 valence electrons. The Morgan fingerprint density at radius 1 is 1.06 bits per heavy atom. The van der Waals surface area contributed by atoms with Gasteiger partial charge in [0.15, 0.2) is 0 Å². The summed E-state index contributed by atoms with van der Waals surface area (Å²) in [6.07, 6.45) is 2.15. The zero-order valence-electron chi connectivity index (χ0n) is 12.1. The molecule has 0 saturated heterocycles. The first-order valence-electron chi connectivity index (χ1n) is 6.76. The third-order valence-electron chi connectivity index (χ3n) is 3.76. The number of ether oxygens (including phenoxy) is 1. The minimum atomic E-state index is -0.246. The van der Waals surface area contributed by atoms with Gasteiger partial charge in [-0.05, 0) is 47.9 Å². The first kappa shape index (κ1) is 14.7. The highest BCUT2D eigenvalue weighted by molar-refractivity contribution is 5.89. The van der Waals surface area contributed by atoms with Crippen molar-refractivity contribution in [3.8, 4) is 0 Å². The summed E-state index contributed by atoms with van der Waals surface area (Å²) in [6.45, 7) is 8.71. The quantitative estimate of drug-likeness (QED) is 0.717. The molecule has 1 aromatic carbocycles. The third-order valence-corrected chi connectivity index (χ3v) is 3.76. The highest BCUT2D eigenvalue weighted by atomic mass is 16.5. The van der Waals surface area contributed by atoms with E-state index in [1.165, 1.54) is 18.2 Å². The number of methoxy groups -OCH3 is 1. The van der Waals surface area contributed by atoms with Crippen LogP contribution >= 0.6 is 0 Å². The van der Waals surface area contributed by atoms with Crippen LogP contribution < -0.4 is 0 Å². The maximum atomic E-state index is 11.7.